The molecule has 0 amide bonds. The Morgan fingerprint density at radius 1 is 1.15 bits per heavy atom. The van der Waals surface area contributed by atoms with Crippen LogP contribution in [0.15, 0.2) is 24.3 Å². The first kappa shape index (κ1) is 17.0. The van der Waals surface area contributed by atoms with Gasteiger partial charge in [-0.2, -0.15) is 0 Å². The summed E-state index contributed by atoms with van der Waals surface area (Å²) in [5.74, 6) is -0.296. The zero-order chi connectivity index (χ0) is 14.8. The van der Waals surface area contributed by atoms with Crippen molar-refractivity contribution in [3.8, 4) is 0 Å². The molecule has 4 nitrogen and oxygen atoms in total. The highest BCUT2D eigenvalue weighted by Crippen LogP contribution is 2.22. The molecule has 0 heterocycles. The normalized spacial score (nSPS) is 14.2. The second-order valence-corrected chi connectivity index (χ2v) is 4.63. The van der Waals surface area contributed by atoms with Crippen LogP contribution in [-0.2, 0) is 14.2 Å². The Hall–Kier alpha value is -1.01. The summed E-state index contributed by atoms with van der Waals surface area (Å²) in [5.41, 5.74) is 6.36. The summed E-state index contributed by atoms with van der Waals surface area (Å²) in [6.45, 7) is 3.95. The van der Waals surface area contributed by atoms with E-state index in [1.165, 1.54) is 6.07 Å². The van der Waals surface area contributed by atoms with E-state index >= 15 is 0 Å². The molecule has 1 aromatic carbocycles. The molecule has 0 aliphatic heterocycles. The van der Waals surface area contributed by atoms with E-state index in [2.05, 4.69) is 0 Å². The Bertz CT molecular complexity index is 374. The molecule has 1 aromatic rings. The van der Waals surface area contributed by atoms with Crippen LogP contribution in [0.5, 0.6) is 0 Å². The summed E-state index contributed by atoms with van der Waals surface area (Å²) in [6.07, 6.45) is 0.388. The second kappa shape index (κ2) is 9.83. The van der Waals surface area contributed by atoms with Crippen molar-refractivity contribution in [2.24, 2.45) is 5.73 Å². The summed E-state index contributed by atoms with van der Waals surface area (Å²) in [7, 11) is 1.66. The molecule has 5 heteroatoms. The van der Waals surface area contributed by atoms with Gasteiger partial charge in [0.25, 0.3) is 0 Å². The summed E-state index contributed by atoms with van der Waals surface area (Å²) >= 11 is 0. The monoisotopic (exact) mass is 285 g/mol. The highest BCUT2D eigenvalue weighted by atomic mass is 19.1. The zero-order valence-electron chi connectivity index (χ0n) is 12.2. The SMILES string of the molecule is COCCCOCCOC(c1ccccc1F)C(C)N. The van der Waals surface area contributed by atoms with Crippen molar-refractivity contribution in [3.63, 3.8) is 0 Å². The van der Waals surface area contributed by atoms with Crippen LogP contribution < -0.4 is 5.73 Å². The number of nitrogens with two attached hydrogens (primary N) is 1. The molecule has 0 saturated heterocycles. The van der Waals surface area contributed by atoms with Crippen molar-refractivity contribution in [1.29, 1.82) is 0 Å². The predicted molar refractivity (Wildman–Crippen MR) is 76.1 cm³/mol. The number of halogens is 1. The lowest BCUT2D eigenvalue weighted by Gasteiger charge is -2.22. The first-order valence-electron chi connectivity index (χ1n) is 6.85. The standard InChI is InChI=1S/C15H24FNO3/c1-12(17)15(13-6-3-4-7-14(13)16)20-11-10-19-9-5-8-18-2/h3-4,6-7,12,15H,5,8-11,17H2,1-2H3. The van der Waals surface area contributed by atoms with Crippen molar-refractivity contribution >= 4 is 0 Å². The molecule has 0 fully saturated rings. The van der Waals surface area contributed by atoms with Crippen molar-refractivity contribution in [2.75, 3.05) is 33.5 Å². The molecule has 0 aliphatic rings. The highest BCUT2D eigenvalue weighted by Gasteiger charge is 2.19. The van der Waals surface area contributed by atoms with Crippen LogP contribution in [0.3, 0.4) is 0 Å². The quantitative estimate of drug-likeness (QED) is 0.670. The maximum absolute atomic E-state index is 13.7. The number of benzene rings is 1. The van der Waals surface area contributed by atoms with Gasteiger partial charge in [-0.1, -0.05) is 18.2 Å². The molecule has 0 radical (unpaired) electrons. The molecular weight excluding hydrogens is 261 g/mol. The molecule has 0 saturated carbocycles. The van der Waals surface area contributed by atoms with Gasteiger partial charge in [0.05, 0.1) is 13.2 Å². The van der Waals surface area contributed by atoms with Crippen molar-refractivity contribution in [3.05, 3.63) is 35.6 Å². The van der Waals surface area contributed by atoms with Crippen LogP contribution in [0.1, 0.15) is 25.0 Å². The third-order valence-electron chi connectivity index (χ3n) is 2.85. The Labute approximate surface area is 120 Å². The molecule has 0 aliphatic carbocycles. The molecule has 1 rings (SSSR count). The van der Waals surface area contributed by atoms with Crippen LogP contribution in [0.4, 0.5) is 4.39 Å². The minimum Gasteiger partial charge on any atom is -0.385 e. The fourth-order valence-electron chi connectivity index (χ4n) is 1.87. The van der Waals surface area contributed by atoms with Gasteiger partial charge < -0.3 is 19.9 Å². The third kappa shape index (κ3) is 5.96. The van der Waals surface area contributed by atoms with Gasteiger partial charge in [0, 0.05) is 31.9 Å². The van der Waals surface area contributed by atoms with Gasteiger partial charge in [-0.15, -0.1) is 0 Å². The fraction of sp³-hybridized carbons (Fsp3) is 0.600. The minimum atomic E-state index is -0.459. The Kier molecular flexibility index (Phi) is 8.37. The molecule has 114 valence electrons. The Morgan fingerprint density at radius 3 is 2.55 bits per heavy atom. The third-order valence-corrected chi connectivity index (χ3v) is 2.85. The first-order chi connectivity index (χ1) is 9.66. The van der Waals surface area contributed by atoms with Gasteiger partial charge in [-0.25, -0.2) is 4.39 Å². The molecule has 20 heavy (non-hydrogen) atoms. The van der Waals surface area contributed by atoms with Crippen molar-refractivity contribution < 1.29 is 18.6 Å². The van der Waals surface area contributed by atoms with Crippen LogP contribution in [0.25, 0.3) is 0 Å². The van der Waals surface area contributed by atoms with E-state index in [0.29, 0.717) is 32.0 Å². The molecular formula is C15H24FNO3. The smallest absolute Gasteiger partial charge is 0.129 e. The van der Waals surface area contributed by atoms with E-state index < -0.39 is 6.10 Å². The maximum Gasteiger partial charge on any atom is 0.129 e. The number of hydrogen-bond donors (Lipinski definition) is 1. The van der Waals surface area contributed by atoms with E-state index in [1.54, 1.807) is 32.2 Å². The number of rotatable bonds is 10. The van der Waals surface area contributed by atoms with E-state index in [4.69, 9.17) is 19.9 Å². The summed E-state index contributed by atoms with van der Waals surface area (Å²) < 4.78 is 29.7. The summed E-state index contributed by atoms with van der Waals surface area (Å²) in [6, 6.07) is 6.24. The van der Waals surface area contributed by atoms with E-state index in [-0.39, 0.29) is 11.9 Å². The average Bonchev–Trinajstić information content (AvgIpc) is 2.43. The topological polar surface area (TPSA) is 53.7 Å². The van der Waals surface area contributed by atoms with E-state index in [9.17, 15) is 4.39 Å². The predicted octanol–water partition coefficient (Wildman–Crippen LogP) is 2.28. The molecule has 2 atom stereocenters. The van der Waals surface area contributed by atoms with Crippen LogP contribution in [0.2, 0.25) is 0 Å². The molecule has 0 bridgehead atoms. The minimum absolute atomic E-state index is 0.291. The van der Waals surface area contributed by atoms with Crippen molar-refractivity contribution in [1.82, 2.24) is 0 Å². The molecule has 2 N–H and O–H groups in total. The van der Waals surface area contributed by atoms with Gasteiger partial charge in [-0.05, 0) is 19.4 Å². The zero-order valence-corrected chi connectivity index (χ0v) is 12.2. The van der Waals surface area contributed by atoms with E-state index in [0.717, 1.165) is 6.42 Å². The van der Waals surface area contributed by atoms with Gasteiger partial charge in [0.15, 0.2) is 0 Å². The molecule has 0 spiro atoms. The first-order valence-corrected chi connectivity index (χ1v) is 6.85. The second-order valence-electron chi connectivity index (χ2n) is 4.63. The lowest BCUT2D eigenvalue weighted by atomic mass is 10.0. The highest BCUT2D eigenvalue weighted by molar-refractivity contribution is 5.21. The number of ether oxygens (including phenoxy) is 3. The Balaban J connectivity index is 2.36. The van der Waals surface area contributed by atoms with Gasteiger partial charge in [0.2, 0.25) is 0 Å². The average molecular weight is 285 g/mol. The lowest BCUT2D eigenvalue weighted by molar-refractivity contribution is -0.00898. The van der Waals surface area contributed by atoms with Crippen molar-refractivity contribution in [2.45, 2.75) is 25.5 Å². The maximum atomic E-state index is 13.7. The van der Waals surface area contributed by atoms with Crippen LogP contribution >= 0.6 is 0 Å². The summed E-state index contributed by atoms with van der Waals surface area (Å²) in [5, 5.41) is 0. The van der Waals surface area contributed by atoms with E-state index in [1.807, 2.05) is 0 Å². The largest absolute Gasteiger partial charge is 0.385 e. The molecule has 2 unspecified atom stereocenters. The fourth-order valence-corrected chi connectivity index (χ4v) is 1.87. The molecule has 0 aromatic heterocycles. The summed E-state index contributed by atoms with van der Waals surface area (Å²) in [4.78, 5) is 0. The van der Waals surface area contributed by atoms with Gasteiger partial charge in [0.1, 0.15) is 11.9 Å². The Morgan fingerprint density at radius 2 is 1.90 bits per heavy atom. The number of hydrogen-bond acceptors (Lipinski definition) is 4. The van der Waals surface area contributed by atoms with Gasteiger partial charge >= 0.3 is 0 Å². The van der Waals surface area contributed by atoms with Crippen LogP contribution in [-0.4, -0.2) is 39.6 Å². The van der Waals surface area contributed by atoms with Gasteiger partial charge in [-0.3, -0.25) is 0 Å². The number of methoxy groups -OCH3 is 1. The lowest BCUT2D eigenvalue weighted by Crippen LogP contribution is -2.28. The van der Waals surface area contributed by atoms with Crippen LogP contribution in [0, 0.1) is 5.82 Å².